The molecule has 0 aliphatic rings. The molecule has 0 bridgehead atoms. The van der Waals surface area contributed by atoms with E-state index in [1.165, 1.54) is 0 Å². The summed E-state index contributed by atoms with van der Waals surface area (Å²) in [5, 5.41) is 19.5. The number of nitrogens with zero attached hydrogens (tertiary/aromatic N) is 3. The summed E-state index contributed by atoms with van der Waals surface area (Å²) < 4.78 is 5.93. The Kier molecular flexibility index (Phi) is 7.14. The van der Waals surface area contributed by atoms with E-state index in [1.54, 1.807) is 11.8 Å². The molecule has 0 spiro atoms. The molecular weight excluding hydrogens is 390 g/mol. The second-order valence-corrected chi connectivity index (χ2v) is 7.88. The third kappa shape index (κ3) is 5.39. The second-order valence-electron chi connectivity index (χ2n) is 6.13. The number of pyridine rings is 1. The standard InChI is InChI=1S/C22H18ClN3OS/c23-18-7-5-16-6-8-19(26-21(16)14-18)15-27-20-4-1-3-17(13-20)22(9-11-25)28-12-2-10-24/h1,3-8,13-14,22H,2,9,12,15H2. The molecule has 1 unspecified atom stereocenters. The average molecular weight is 408 g/mol. The molecule has 1 heterocycles. The first-order valence-corrected chi connectivity index (χ1v) is 10.3. The molecule has 0 saturated heterocycles. The zero-order chi connectivity index (χ0) is 19.8. The predicted molar refractivity (Wildman–Crippen MR) is 113 cm³/mol. The summed E-state index contributed by atoms with van der Waals surface area (Å²) in [6.45, 7) is 0.344. The van der Waals surface area contributed by atoms with Gasteiger partial charge in [-0.1, -0.05) is 35.9 Å². The number of fused-ring (bicyclic) bond motifs is 1. The summed E-state index contributed by atoms with van der Waals surface area (Å²) in [7, 11) is 0. The number of thioether (sulfide) groups is 1. The van der Waals surface area contributed by atoms with Crippen LogP contribution in [-0.4, -0.2) is 10.7 Å². The molecule has 0 radical (unpaired) electrons. The minimum atomic E-state index is 0.0304. The minimum Gasteiger partial charge on any atom is -0.487 e. The van der Waals surface area contributed by atoms with E-state index in [9.17, 15) is 0 Å². The molecule has 0 aliphatic heterocycles. The van der Waals surface area contributed by atoms with Crippen molar-refractivity contribution in [1.29, 1.82) is 10.5 Å². The van der Waals surface area contributed by atoms with Gasteiger partial charge in [0.2, 0.25) is 0 Å². The van der Waals surface area contributed by atoms with Gasteiger partial charge in [0.25, 0.3) is 0 Å². The van der Waals surface area contributed by atoms with Crippen LogP contribution in [-0.2, 0) is 6.61 Å². The first-order valence-electron chi connectivity index (χ1n) is 8.83. The topological polar surface area (TPSA) is 69.7 Å². The van der Waals surface area contributed by atoms with Gasteiger partial charge in [-0.25, -0.2) is 4.98 Å². The molecule has 0 amide bonds. The Morgan fingerprint density at radius 1 is 1.07 bits per heavy atom. The van der Waals surface area contributed by atoms with Crippen molar-refractivity contribution in [1.82, 2.24) is 4.98 Å². The zero-order valence-electron chi connectivity index (χ0n) is 15.1. The van der Waals surface area contributed by atoms with Crippen LogP contribution >= 0.6 is 23.4 Å². The quantitative estimate of drug-likeness (QED) is 0.424. The van der Waals surface area contributed by atoms with Crippen LogP contribution in [0.15, 0.2) is 54.6 Å². The van der Waals surface area contributed by atoms with Gasteiger partial charge in [0, 0.05) is 27.8 Å². The summed E-state index contributed by atoms with van der Waals surface area (Å²) >= 11 is 7.67. The highest BCUT2D eigenvalue weighted by atomic mass is 35.5. The van der Waals surface area contributed by atoms with Crippen LogP contribution < -0.4 is 4.74 Å². The van der Waals surface area contributed by atoms with E-state index in [0.717, 1.165) is 27.9 Å². The zero-order valence-corrected chi connectivity index (χ0v) is 16.7. The van der Waals surface area contributed by atoms with Crippen molar-refractivity contribution >= 4 is 34.3 Å². The second kappa shape index (κ2) is 9.99. The van der Waals surface area contributed by atoms with Crippen LogP contribution in [0.4, 0.5) is 0 Å². The van der Waals surface area contributed by atoms with Gasteiger partial charge >= 0.3 is 0 Å². The van der Waals surface area contributed by atoms with Gasteiger partial charge in [0.15, 0.2) is 0 Å². The van der Waals surface area contributed by atoms with Gasteiger partial charge in [-0.15, -0.1) is 0 Å². The van der Waals surface area contributed by atoms with Crippen LogP contribution in [0.25, 0.3) is 10.9 Å². The van der Waals surface area contributed by atoms with Crippen molar-refractivity contribution in [2.75, 3.05) is 5.75 Å². The first-order chi connectivity index (χ1) is 13.7. The fourth-order valence-corrected chi connectivity index (χ4v) is 3.97. The van der Waals surface area contributed by atoms with Crippen LogP contribution in [0.2, 0.25) is 5.02 Å². The molecular formula is C22H18ClN3OS. The normalized spacial score (nSPS) is 11.5. The summed E-state index contributed by atoms with van der Waals surface area (Å²) in [6, 6.07) is 21.7. The van der Waals surface area contributed by atoms with Crippen LogP contribution in [0, 0.1) is 22.7 Å². The third-order valence-corrected chi connectivity index (χ3v) is 5.65. The Morgan fingerprint density at radius 3 is 2.75 bits per heavy atom. The maximum Gasteiger partial charge on any atom is 0.130 e. The first kappa shape index (κ1) is 20.0. The summed E-state index contributed by atoms with van der Waals surface area (Å²) in [6.07, 6.45) is 0.868. The molecule has 4 nitrogen and oxygen atoms in total. The van der Waals surface area contributed by atoms with E-state index in [1.807, 2.05) is 54.6 Å². The van der Waals surface area contributed by atoms with Gasteiger partial charge in [-0.3, -0.25) is 0 Å². The number of rotatable bonds is 8. The number of halogens is 1. The number of hydrogen-bond acceptors (Lipinski definition) is 5. The molecule has 3 aromatic rings. The lowest BCUT2D eigenvalue weighted by Crippen LogP contribution is -2.00. The van der Waals surface area contributed by atoms with Crippen LogP contribution in [0.1, 0.15) is 29.3 Å². The third-order valence-electron chi connectivity index (χ3n) is 4.14. The van der Waals surface area contributed by atoms with Crippen molar-refractivity contribution in [3.05, 3.63) is 70.9 Å². The van der Waals surface area contributed by atoms with Gasteiger partial charge in [-0.2, -0.15) is 22.3 Å². The molecule has 0 fully saturated rings. The van der Waals surface area contributed by atoms with E-state index in [2.05, 4.69) is 17.1 Å². The van der Waals surface area contributed by atoms with Gasteiger partial charge in [-0.05, 0) is 35.9 Å². The Hall–Kier alpha value is -2.73. The molecule has 3 rings (SSSR count). The Morgan fingerprint density at radius 2 is 1.93 bits per heavy atom. The van der Waals surface area contributed by atoms with Gasteiger partial charge in [0.05, 0.1) is 29.8 Å². The van der Waals surface area contributed by atoms with Crippen molar-refractivity contribution in [2.45, 2.75) is 24.7 Å². The van der Waals surface area contributed by atoms with Gasteiger partial charge < -0.3 is 4.74 Å². The lowest BCUT2D eigenvalue weighted by Gasteiger charge is -2.15. The Bertz CT molecular complexity index is 1040. The monoisotopic (exact) mass is 407 g/mol. The number of benzene rings is 2. The highest BCUT2D eigenvalue weighted by Crippen LogP contribution is 2.34. The van der Waals surface area contributed by atoms with Crippen molar-refractivity contribution in [2.24, 2.45) is 0 Å². The highest BCUT2D eigenvalue weighted by molar-refractivity contribution is 7.99. The van der Waals surface area contributed by atoms with Crippen LogP contribution in [0.5, 0.6) is 5.75 Å². The van der Waals surface area contributed by atoms with E-state index in [4.69, 9.17) is 26.9 Å². The maximum absolute atomic E-state index is 9.10. The summed E-state index contributed by atoms with van der Waals surface area (Å²) in [5.74, 6) is 1.44. The lowest BCUT2D eigenvalue weighted by atomic mass is 10.1. The van der Waals surface area contributed by atoms with E-state index in [0.29, 0.717) is 30.2 Å². The van der Waals surface area contributed by atoms with Crippen molar-refractivity contribution < 1.29 is 4.74 Å². The Balaban J connectivity index is 1.70. The molecule has 140 valence electrons. The van der Waals surface area contributed by atoms with Gasteiger partial charge in [0.1, 0.15) is 12.4 Å². The number of ether oxygens (including phenoxy) is 1. The molecule has 0 saturated carbocycles. The number of aromatic nitrogens is 1. The fraction of sp³-hybridized carbons (Fsp3) is 0.227. The van der Waals surface area contributed by atoms with E-state index >= 15 is 0 Å². The summed E-state index contributed by atoms with van der Waals surface area (Å²) in [5.41, 5.74) is 2.68. The number of hydrogen-bond donors (Lipinski definition) is 0. The molecule has 1 atom stereocenters. The molecule has 6 heteroatoms. The fourth-order valence-electron chi connectivity index (χ4n) is 2.78. The average Bonchev–Trinajstić information content (AvgIpc) is 2.71. The van der Waals surface area contributed by atoms with Crippen molar-refractivity contribution in [3.63, 3.8) is 0 Å². The Labute approximate surface area is 173 Å². The molecule has 0 aliphatic carbocycles. The van der Waals surface area contributed by atoms with Crippen molar-refractivity contribution in [3.8, 4) is 17.9 Å². The summed E-state index contributed by atoms with van der Waals surface area (Å²) in [4.78, 5) is 4.60. The molecule has 28 heavy (non-hydrogen) atoms. The van der Waals surface area contributed by atoms with E-state index in [-0.39, 0.29) is 5.25 Å². The molecule has 2 aromatic carbocycles. The SMILES string of the molecule is N#CCCSC(CC#N)c1cccc(OCc2ccc3ccc(Cl)cc3n2)c1. The smallest absolute Gasteiger partial charge is 0.130 e. The lowest BCUT2D eigenvalue weighted by molar-refractivity contribution is 0.301. The van der Waals surface area contributed by atoms with E-state index < -0.39 is 0 Å². The number of nitriles is 2. The molecule has 1 aromatic heterocycles. The predicted octanol–water partition coefficient (Wildman–Crippen LogP) is 6.07. The molecule has 0 N–H and O–H groups in total. The minimum absolute atomic E-state index is 0.0304. The maximum atomic E-state index is 9.10. The largest absolute Gasteiger partial charge is 0.487 e. The van der Waals surface area contributed by atoms with Crippen LogP contribution in [0.3, 0.4) is 0 Å². The highest BCUT2D eigenvalue weighted by Gasteiger charge is 2.13.